The highest BCUT2D eigenvalue weighted by Crippen LogP contribution is 2.19. The van der Waals surface area contributed by atoms with Crippen LogP contribution in [0.4, 0.5) is 0 Å². The van der Waals surface area contributed by atoms with E-state index in [1.54, 1.807) is 12.1 Å². The number of hydrogen-bond donors (Lipinski definition) is 2. The lowest BCUT2D eigenvalue weighted by Crippen LogP contribution is -2.22. The first-order valence-corrected chi connectivity index (χ1v) is 4.16. The highest BCUT2D eigenvalue weighted by atomic mass is 16.3. The van der Waals surface area contributed by atoms with Crippen LogP contribution in [-0.4, -0.2) is 11.1 Å². The van der Waals surface area contributed by atoms with Crippen molar-refractivity contribution in [3.63, 3.8) is 0 Å². The van der Waals surface area contributed by atoms with Crippen LogP contribution in [0.1, 0.15) is 25.3 Å². The summed E-state index contributed by atoms with van der Waals surface area (Å²) < 4.78 is 0. The van der Waals surface area contributed by atoms with Crippen LogP contribution < -0.4 is 5.73 Å². The third-order valence-corrected chi connectivity index (χ3v) is 2.21. The maximum atomic E-state index is 9.05. The van der Waals surface area contributed by atoms with Gasteiger partial charge in [-0.05, 0) is 30.5 Å². The van der Waals surface area contributed by atoms with E-state index >= 15 is 0 Å². The standard InChI is InChI=1S/C10H15NO/c1-7(8(2)11)9-3-5-10(12)6-4-9/h3-8,12H,11H2,1-2H3/t7?,8-/m0/s1. The topological polar surface area (TPSA) is 46.2 Å². The van der Waals surface area contributed by atoms with Gasteiger partial charge in [0.05, 0.1) is 0 Å². The van der Waals surface area contributed by atoms with Crippen LogP contribution in [0.15, 0.2) is 24.3 Å². The number of hydrogen-bond acceptors (Lipinski definition) is 2. The number of rotatable bonds is 2. The Balaban J connectivity index is 2.82. The molecule has 2 nitrogen and oxygen atoms in total. The molecule has 0 heterocycles. The molecule has 0 aliphatic rings. The third-order valence-electron chi connectivity index (χ3n) is 2.21. The molecule has 0 amide bonds. The summed E-state index contributed by atoms with van der Waals surface area (Å²) in [6.07, 6.45) is 0. The molecule has 0 aliphatic heterocycles. The van der Waals surface area contributed by atoms with Crippen LogP contribution in [-0.2, 0) is 0 Å². The van der Waals surface area contributed by atoms with Gasteiger partial charge < -0.3 is 10.8 Å². The summed E-state index contributed by atoms with van der Waals surface area (Å²) in [5.41, 5.74) is 6.91. The van der Waals surface area contributed by atoms with Crippen molar-refractivity contribution >= 4 is 0 Å². The van der Waals surface area contributed by atoms with Gasteiger partial charge in [-0.2, -0.15) is 0 Å². The predicted molar refractivity (Wildman–Crippen MR) is 50.2 cm³/mol. The molecule has 12 heavy (non-hydrogen) atoms. The smallest absolute Gasteiger partial charge is 0.115 e. The van der Waals surface area contributed by atoms with E-state index in [0.29, 0.717) is 11.7 Å². The van der Waals surface area contributed by atoms with E-state index < -0.39 is 0 Å². The van der Waals surface area contributed by atoms with Gasteiger partial charge in [0.25, 0.3) is 0 Å². The van der Waals surface area contributed by atoms with E-state index in [0.717, 1.165) is 0 Å². The van der Waals surface area contributed by atoms with Crippen LogP contribution in [0.3, 0.4) is 0 Å². The highest BCUT2D eigenvalue weighted by molar-refractivity contribution is 5.28. The van der Waals surface area contributed by atoms with Crippen molar-refractivity contribution in [2.45, 2.75) is 25.8 Å². The Morgan fingerprint density at radius 1 is 1.17 bits per heavy atom. The Morgan fingerprint density at radius 3 is 2.08 bits per heavy atom. The summed E-state index contributed by atoms with van der Waals surface area (Å²) in [6, 6.07) is 7.34. The lowest BCUT2D eigenvalue weighted by atomic mass is 9.95. The maximum Gasteiger partial charge on any atom is 0.115 e. The summed E-state index contributed by atoms with van der Waals surface area (Å²) in [5, 5.41) is 9.05. The molecule has 1 unspecified atom stereocenters. The second-order valence-electron chi connectivity index (χ2n) is 3.24. The number of nitrogens with two attached hydrogens (primary N) is 1. The third kappa shape index (κ3) is 1.98. The number of phenols is 1. The monoisotopic (exact) mass is 165 g/mol. The molecule has 66 valence electrons. The van der Waals surface area contributed by atoms with Gasteiger partial charge in [-0.25, -0.2) is 0 Å². The molecule has 0 saturated heterocycles. The highest BCUT2D eigenvalue weighted by Gasteiger charge is 2.09. The molecule has 0 aromatic heterocycles. The SMILES string of the molecule is CC(c1ccc(O)cc1)[C@H](C)N. The molecule has 2 heteroatoms. The Kier molecular flexibility index (Phi) is 2.71. The van der Waals surface area contributed by atoms with Crippen LogP contribution in [0.25, 0.3) is 0 Å². The number of benzene rings is 1. The average molecular weight is 165 g/mol. The number of phenolic OH excluding ortho intramolecular Hbond substituents is 1. The largest absolute Gasteiger partial charge is 0.508 e. The minimum absolute atomic E-state index is 0.148. The van der Waals surface area contributed by atoms with E-state index in [1.807, 2.05) is 19.1 Å². The van der Waals surface area contributed by atoms with Crippen molar-refractivity contribution in [3.8, 4) is 5.75 Å². The van der Waals surface area contributed by atoms with Crippen molar-refractivity contribution in [3.05, 3.63) is 29.8 Å². The molecule has 2 atom stereocenters. The van der Waals surface area contributed by atoms with Gasteiger partial charge in [0.1, 0.15) is 5.75 Å². The van der Waals surface area contributed by atoms with E-state index in [4.69, 9.17) is 10.8 Å². The van der Waals surface area contributed by atoms with E-state index in [2.05, 4.69) is 6.92 Å². The molecular formula is C10H15NO. The first-order chi connectivity index (χ1) is 5.61. The minimum Gasteiger partial charge on any atom is -0.508 e. The van der Waals surface area contributed by atoms with Gasteiger partial charge in [0.15, 0.2) is 0 Å². The number of aromatic hydroxyl groups is 1. The van der Waals surface area contributed by atoms with Crippen molar-refractivity contribution < 1.29 is 5.11 Å². The van der Waals surface area contributed by atoms with E-state index in [-0.39, 0.29) is 6.04 Å². The minimum atomic E-state index is 0.148. The lowest BCUT2D eigenvalue weighted by molar-refractivity contribution is 0.474. The molecule has 1 rings (SSSR count). The molecule has 0 bridgehead atoms. The van der Waals surface area contributed by atoms with Gasteiger partial charge in [-0.15, -0.1) is 0 Å². The maximum absolute atomic E-state index is 9.05. The summed E-state index contributed by atoms with van der Waals surface area (Å²) in [6.45, 7) is 4.06. The van der Waals surface area contributed by atoms with Crippen LogP contribution in [0.5, 0.6) is 5.75 Å². The fourth-order valence-corrected chi connectivity index (χ4v) is 1.08. The Bertz CT molecular complexity index is 241. The normalized spacial score (nSPS) is 15.6. The summed E-state index contributed by atoms with van der Waals surface area (Å²) in [5.74, 6) is 0.640. The summed E-state index contributed by atoms with van der Waals surface area (Å²) in [7, 11) is 0. The van der Waals surface area contributed by atoms with E-state index in [1.165, 1.54) is 5.56 Å². The fourth-order valence-electron chi connectivity index (χ4n) is 1.08. The Hall–Kier alpha value is -1.02. The first kappa shape index (κ1) is 9.07. The quantitative estimate of drug-likeness (QED) is 0.702. The molecular weight excluding hydrogens is 150 g/mol. The summed E-state index contributed by atoms with van der Waals surface area (Å²) >= 11 is 0. The van der Waals surface area contributed by atoms with Crippen LogP contribution in [0.2, 0.25) is 0 Å². The van der Waals surface area contributed by atoms with Crippen LogP contribution in [0, 0.1) is 0 Å². The molecule has 0 saturated carbocycles. The Labute approximate surface area is 73.0 Å². The fraction of sp³-hybridized carbons (Fsp3) is 0.400. The molecule has 1 aromatic rings. The summed E-state index contributed by atoms with van der Waals surface area (Å²) in [4.78, 5) is 0. The zero-order chi connectivity index (χ0) is 9.14. The molecule has 1 aromatic carbocycles. The van der Waals surface area contributed by atoms with Gasteiger partial charge in [-0.3, -0.25) is 0 Å². The molecule has 0 radical (unpaired) electrons. The van der Waals surface area contributed by atoms with Crippen molar-refractivity contribution in [2.75, 3.05) is 0 Å². The zero-order valence-corrected chi connectivity index (χ0v) is 7.49. The van der Waals surface area contributed by atoms with E-state index in [9.17, 15) is 0 Å². The van der Waals surface area contributed by atoms with Gasteiger partial charge in [-0.1, -0.05) is 19.1 Å². The Morgan fingerprint density at radius 2 is 1.67 bits per heavy atom. The van der Waals surface area contributed by atoms with Crippen LogP contribution >= 0.6 is 0 Å². The molecule has 3 N–H and O–H groups in total. The first-order valence-electron chi connectivity index (χ1n) is 4.16. The molecule has 0 fully saturated rings. The predicted octanol–water partition coefficient (Wildman–Crippen LogP) is 1.84. The van der Waals surface area contributed by atoms with Crippen molar-refractivity contribution in [1.82, 2.24) is 0 Å². The lowest BCUT2D eigenvalue weighted by Gasteiger charge is -2.15. The zero-order valence-electron chi connectivity index (χ0n) is 7.49. The second-order valence-corrected chi connectivity index (χ2v) is 3.24. The van der Waals surface area contributed by atoms with Crippen molar-refractivity contribution in [1.29, 1.82) is 0 Å². The average Bonchev–Trinajstić information content (AvgIpc) is 2.04. The molecule has 0 spiro atoms. The van der Waals surface area contributed by atoms with Gasteiger partial charge in [0.2, 0.25) is 0 Å². The van der Waals surface area contributed by atoms with Gasteiger partial charge in [0, 0.05) is 6.04 Å². The van der Waals surface area contributed by atoms with Crippen molar-refractivity contribution in [2.24, 2.45) is 5.73 Å². The molecule has 0 aliphatic carbocycles. The van der Waals surface area contributed by atoms with Gasteiger partial charge >= 0.3 is 0 Å². The second kappa shape index (κ2) is 3.59.